The summed E-state index contributed by atoms with van der Waals surface area (Å²) in [5.74, 6) is 2.21. The van der Waals surface area contributed by atoms with Crippen LogP contribution in [-0.2, 0) is 6.54 Å². The molecule has 1 aliphatic carbocycles. The topological polar surface area (TPSA) is 58.3 Å². The van der Waals surface area contributed by atoms with Crippen molar-refractivity contribution in [2.45, 2.75) is 57.2 Å². The molecule has 0 N–H and O–H groups in total. The maximum atomic E-state index is 5.40. The van der Waals surface area contributed by atoms with E-state index in [1.807, 2.05) is 18.5 Å². The Hall–Kier alpha value is -1.79. The van der Waals surface area contributed by atoms with Crippen molar-refractivity contribution in [1.82, 2.24) is 24.9 Å². The van der Waals surface area contributed by atoms with Crippen LogP contribution in [-0.4, -0.2) is 51.1 Å². The minimum atomic E-state index is 0.366. The highest BCUT2D eigenvalue weighted by molar-refractivity contribution is 5.13. The lowest BCUT2D eigenvalue weighted by Crippen LogP contribution is -2.46. The Labute approximate surface area is 149 Å². The van der Waals surface area contributed by atoms with Crippen molar-refractivity contribution < 1.29 is 4.52 Å². The van der Waals surface area contributed by atoms with Crippen LogP contribution in [0.15, 0.2) is 29.0 Å². The van der Waals surface area contributed by atoms with E-state index in [9.17, 15) is 0 Å². The molecule has 6 nitrogen and oxygen atoms in total. The molecular formula is C19H27N5O. The fraction of sp³-hybridized carbons (Fsp3) is 0.632. The Morgan fingerprint density at radius 2 is 2.24 bits per heavy atom. The Balaban J connectivity index is 1.36. The van der Waals surface area contributed by atoms with Gasteiger partial charge >= 0.3 is 0 Å². The van der Waals surface area contributed by atoms with Gasteiger partial charge in [0.15, 0.2) is 5.82 Å². The van der Waals surface area contributed by atoms with Gasteiger partial charge in [-0.15, -0.1) is 0 Å². The van der Waals surface area contributed by atoms with Gasteiger partial charge in [0.2, 0.25) is 5.89 Å². The molecule has 1 saturated carbocycles. The lowest BCUT2D eigenvalue weighted by molar-refractivity contribution is 0.0852. The van der Waals surface area contributed by atoms with E-state index in [2.05, 4.69) is 45.0 Å². The van der Waals surface area contributed by atoms with Gasteiger partial charge in [-0.1, -0.05) is 11.2 Å². The third-order valence-electron chi connectivity index (χ3n) is 5.61. The predicted octanol–water partition coefficient (Wildman–Crippen LogP) is 3.00. The number of rotatable bonds is 6. The van der Waals surface area contributed by atoms with E-state index in [-0.39, 0.29) is 0 Å². The summed E-state index contributed by atoms with van der Waals surface area (Å²) in [6, 6.07) is 5.08. The van der Waals surface area contributed by atoms with E-state index >= 15 is 0 Å². The molecule has 0 amide bonds. The molecule has 0 unspecified atom stereocenters. The van der Waals surface area contributed by atoms with Gasteiger partial charge in [-0.3, -0.25) is 14.8 Å². The average Bonchev–Trinajstić information content (AvgIpc) is 3.41. The summed E-state index contributed by atoms with van der Waals surface area (Å²) in [7, 11) is 2.23. The average molecular weight is 341 g/mol. The molecule has 2 aliphatic rings. The summed E-state index contributed by atoms with van der Waals surface area (Å²) in [5.41, 5.74) is 1.27. The molecule has 1 aliphatic heterocycles. The van der Waals surface area contributed by atoms with E-state index in [1.54, 1.807) is 0 Å². The van der Waals surface area contributed by atoms with Gasteiger partial charge in [0.1, 0.15) is 0 Å². The van der Waals surface area contributed by atoms with Crippen molar-refractivity contribution in [3.8, 4) is 0 Å². The van der Waals surface area contributed by atoms with Crippen molar-refractivity contribution in [2.75, 3.05) is 20.1 Å². The summed E-state index contributed by atoms with van der Waals surface area (Å²) >= 11 is 0. The molecule has 6 heteroatoms. The summed E-state index contributed by atoms with van der Waals surface area (Å²) in [6.45, 7) is 5.21. The van der Waals surface area contributed by atoms with Crippen LogP contribution in [0.3, 0.4) is 0 Å². The van der Waals surface area contributed by atoms with Gasteiger partial charge in [-0.2, -0.15) is 4.98 Å². The molecule has 0 radical (unpaired) electrons. The smallest absolute Gasteiger partial charge is 0.229 e. The highest BCUT2D eigenvalue weighted by Gasteiger charge is 2.31. The lowest BCUT2D eigenvalue weighted by Gasteiger charge is -2.40. The summed E-state index contributed by atoms with van der Waals surface area (Å²) in [6.07, 6.45) is 8.65. The van der Waals surface area contributed by atoms with Crippen LogP contribution in [0.5, 0.6) is 0 Å². The first kappa shape index (κ1) is 16.7. The molecular weight excluding hydrogens is 314 g/mol. The molecule has 3 heterocycles. The van der Waals surface area contributed by atoms with E-state index < -0.39 is 0 Å². The quantitative estimate of drug-likeness (QED) is 0.805. The normalized spacial score (nSPS) is 23.1. The lowest BCUT2D eigenvalue weighted by atomic mass is 10.0. The number of piperidine rings is 1. The van der Waals surface area contributed by atoms with E-state index in [0.29, 0.717) is 18.0 Å². The number of nitrogens with zero attached hydrogens (tertiary/aromatic N) is 5. The summed E-state index contributed by atoms with van der Waals surface area (Å²) in [5, 5.41) is 4.17. The number of pyridine rings is 1. The van der Waals surface area contributed by atoms with Crippen LogP contribution < -0.4 is 0 Å². The maximum absolute atomic E-state index is 5.40. The van der Waals surface area contributed by atoms with Crippen LogP contribution in [0, 0.1) is 0 Å². The summed E-state index contributed by atoms with van der Waals surface area (Å²) < 4.78 is 5.40. The highest BCUT2D eigenvalue weighted by atomic mass is 16.5. The fourth-order valence-electron chi connectivity index (χ4n) is 3.71. The zero-order valence-electron chi connectivity index (χ0n) is 15.1. The van der Waals surface area contributed by atoms with Gasteiger partial charge in [0.25, 0.3) is 0 Å². The second kappa shape index (κ2) is 7.22. The molecule has 25 heavy (non-hydrogen) atoms. The molecule has 2 aromatic heterocycles. The number of likely N-dealkylation sites (tertiary alicyclic amines) is 1. The van der Waals surface area contributed by atoms with Crippen LogP contribution in [0.25, 0.3) is 0 Å². The third-order valence-corrected chi connectivity index (χ3v) is 5.61. The molecule has 0 aromatic carbocycles. The molecule has 0 spiro atoms. The molecule has 2 atom stereocenters. The first-order chi connectivity index (χ1) is 12.2. The Morgan fingerprint density at radius 3 is 3.00 bits per heavy atom. The van der Waals surface area contributed by atoms with Crippen molar-refractivity contribution in [3.05, 3.63) is 41.8 Å². The van der Waals surface area contributed by atoms with Gasteiger partial charge in [0.05, 0.1) is 6.54 Å². The molecule has 0 bridgehead atoms. The molecule has 134 valence electrons. The van der Waals surface area contributed by atoms with Crippen molar-refractivity contribution >= 4 is 0 Å². The van der Waals surface area contributed by atoms with Crippen LogP contribution in [0.2, 0.25) is 0 Å². The van der Waals surface area contributed by atoms with E-state index in [0.717, 1.165) is 31.3 Å². The molecule has 4 rings (SSSR count). The molecule has 2 aromatic rings. The molecule has 1 saturated heterocycles. The third kappa shape index (κ3) is 3.90. The second-order valence-electron chi connectivity index (χ2n) is 7.48. The van der Waals surface area contributed by atoms with E-state index in [4.69, 9.17) is 4.52 Å². The first-order valence-electron chi connectivity index (χ1n) is 9.37. The SMILES string of the molecule is C[C@@H](c1cccnc1)N(C)[C@H]1CCCN(Cc2noc(C3CC3)n2)C1. The van der Waals surface area contributed by atoms with Gasteiger partial charge in [-0.05, 0) is 57.8 Å². The van der Waals surface area contributed by atoms with Crippen LogP contribution in [0.1, 0.15) is 61.8 Å². The number of hydrogen-bond donors (Lipinski definition) is 0. The zero-order chi connectivity index (χ0) is 17.2. The van der Waals surface area contributed by atoms with E-state index in [1.165, 1.54) is 31.2 Å². The summed E-state index contributed by atoms with van der Waals surface area (Å²) in [4.78, 5) is 13.8. The number of likely N-dealkylation sites (N-methyl/N-ethyl adjacent to an activating group) is 1. The Kier molecular flexibility index (Phi) is 4.81. The highest BCUT2D eigenvalue weighted by Crippen LogP contribution is 2.38. The minimum Gasteiger partial charge on any atom is -0.339 e. The van der Waals surface area contributed by atoms with Gasteiger partial charge in [0, 0.05) is 36.9 Å². The minimum absolute atomic E-state index is 0.366. The maximum Gasteiger partial charge on any atom is 0.229 e. The monoisotopic (exact) mass is 341 g/mol. The van der Waals surface area contributed by atoms with Crippen molar-refractivity contribution in [2.24, 2.45) is 0 Å². The van der Waals surface area contributed by atoms with Crippen molar-refractivity contribution in [3.63, 3.8) is 0 Å². The Bertz CT molecular complexity index is 684. The largest absolute Gasteiger partial charge is 0.339 e. The van der Waals surface area contributed by atoms with Crippen LogP contribution in [0.4, 0.5) is 0 Å². The number of aromatic nitrogens is 3. The van der Waals surface area contributed by atoms with Crippen molar-refractivity contribution in [1.29, 1.82) is 0 Å². The Morgan fingerprint density at radius 1 is 1.36 bits per heavy atom. The van der Waals surface area contributed by atoms with Gasteiger partial charge in [-0.25, -0.2) is 0 Å². The standard InChI is InChI=1S/C19H27N5O/c1-14(16-5-3-9-20-11-16)23(2)17-6-4-10-24(12-17)13-18-21-19(25-22-18)15-7-8-15/h3,5,9,11,14-15,17H,4,6-8,10,12-13H2,1-2H3/t14-,17-/m0/s1. The zero-order valence-corrected chi connectivity index (χ0v) is 15.1. The van der Waals surface area contributed by atoms with Crippen LogP contribution >= 0.6 is 0 Å². The number of hydrogen-bond acceptors (Lipinski definition) is 6. The second-order valence-corrected chi connectivity index (χ2v) is 7.48. The van der Waals surface area contributed by atoms with Gasteiger partial charge < -0.3 is 4.52 Å². The predicted molar refractivity (Wildman–Crippen MR) is 95.0 cm³/mol. The fourth-order valence-corrected chi connectivity index (χ4v) is 3.71. The molecule has 2 fully saturated rings. The first-order valence-corrected chi connectivity index (χ1v) is 9.37.